The Morgan fingerprint density at radius 2 is 1.57 bits per heavy atom. The summed E-state index contributed by atoms with van der Waals surface area (Å²) in [4.78, 5) is 23.9. The van der Waals surface area contributed by atoms with Crippen LogP contribution in [-0.2, 0) is 4.79 Å². The highest BCUT2D eigenvalue weighted by molar-refractivity contribution is 6.09. The van der Waals surface area contributed by atoms with E-state index in [1.54, 1.807) is 31.2 Å². The molecule has 2 rings (SSSR count). The number of likely N-dealkylation sites (N-methyl/N-ethyl adjacent to an activating group) is 1. The molecule has 4 nitrogen and oxygen atoms in total. The zero-order valence-corrected chi connectivity index (χ0v) is 13.0. The molecule has 0 saturated carbocycles. The standard InChI is InChI=1S/C18H18FNO3/c1-3-20-18(22)12(2)23-16-10-6-14(7-11-16)17(21)13-4-8-15(19)9-5-13/h4-12H,3H2,1-2H3,(H,20,22). The molecule has 2 aromatic carbocycles. The summed E-state index contributed by atoms with van der Waals surface area (Å²) in [6.07, 6.45) is -0.617. The number of carbonyl (C=O) groups is 2. The van der Waals surface area contributed by atoms with Gasteiger partial charge in [0.15, 0.2) is 11.9 Å². The number of hydrogen-bond donors (Lipinski definition) is 1. The predicted molar refractivity (Wildman–Crippen MR) is 85.0 cm³/mol. The molecule has 1 amide bonds. The van der Waals surface area contributed by atoms with Crippen molar-refractivity contribution in [3.05, 3.63) is 65.5 Å². The van der Waals surface area contributed by atoms with E-state index in [9.17, 15) is 14.0 Å². The van der Waals surface area contributed by atoms with E-state index in [2.05, 4.69) is 5.32 Å². The summed E-state index contributed by atoms with van der Waals surface area (Å²) in [6, 6.07) is 11.9. The monoisotopic (exact) mass is 315 g/mol. The number of hydrogen-bond acceptors (Lipinski definition) is 3. The van der Waals surface area contributed by atoms with Gasteiger partial charge in [0.2, 0.25) is 0 Å². The second kappa shape index (κ2) is 7.54. The lowest BCUT2D eigenvalue weighted by atomic mass is 10.0. The largest absolute Gasteiger partial charge is 0.481 e. The van der Waals surface area contributed by atoms with E-state index in [1.807, 2.05) is 6.92 Å². The topological polar surface area (TPSA) is 55.4 Å². The maximum Gasteiger partial charge on any atom is 0.260 e. The number of ketones is 1. The lowest BCUT2D eigenvalue weighted by molar-refractivity contribution is -0.127. The smallest absolute Gasteiger partial charge is 0.260 e. The van der Waals surface area contributed by atoms with Gasteiger partial charge in [-0.05, 0) is 62.4 Å². The van der Waals surface area contributed by atoms with Gasteiger partial charge in [-0.3, -0.25) is 9.59 Å². The van der Waals surface area contributed by atoms with Crippen molar-refractivity contribution in [3.8, 4) is 5.75 Å². The van der Waals surface area contributed by atoms with Gasteiger partial charge in [0.1, 0.15) is 11.6 Å². The molecule has 2 aromatic rings. The summed E-state index contributed by atoms with van der Waals surface area (Å²) < 4.78 is 18.4. The van der Waals surface area contributed by atoms with Crippen LogP contribution in [0.1, 0.15) is 29.8 Å². The highest BCUT2D eigenvalue weighted by Gasteiger charge is 2.14. The van der Waals surface area contributed by atoms with Gasteiger partial charge in [0.05, 0.1) is 0 Å². The van der Waals surface area contributed by atoms with Crippen LogP contribution in [0.25, 0.3) is 0 Å². The van der Waals surface area contributed by atoms with E-state index < -0.39 is 6.10 Å². The van der Waals surface area contributed by atoms with Gasteiger partial charge in [-0.1, -0.05) is 0 Å². The van der Waals surface area contributed by atoms with Crippen molar-refractivity contribution < 1.29 is 18.7 Å². The first-order valence-corrected chi connectivity index (χ1v) is 7.36. The minimum Gasteiger partial charge on any atom is -0.481 e. The van der Waals surface area contributed by atoms with Crippen LogP contribution >= 0.6 is 0 Å². The van der Waals surface area contributed by atoms with Crippen molar-refractivity contribution in [2.75, 3.05) is 6.54 Å². The third-order valence-corrected chi connectivity index (χ3v) is 3.26. The third kappa shape index (κ3) is 4.39. The summed E-state index contributed by atoms with van der Waals surface area (Å²) >= 11 is 0. The second-order valence-corrected chi connectivity index (χ2v) is 5.02. The number of nitrogens with one attached hydrogen (secondary N) is 1. The number of benzene rings is 2. The summed E-state index contributed by atoms with van der Waals surface area (Å²) in [5, 5.41) is 2.67. The fraction of sp³-hybridized carbons (Fsp3) is 0.222. The summed E-state index contributed by atoms with van der Waals surface area (Å²) in [5.41, 5.74) is 0.880. The Bertz CT molecular complexity index is 680. The Morgan fingerprint density at radius 3 is 2.09 bits per heavy atom. The summed E-state index contributed by atoms with van der Waals surface area (Å²) in [5.74, 6) is -0.281. The minimum absolute atomic E-state index is 0.195. The number of ether oxygens (including phenoxy) is 1. The first-order valence-electron chi connectivity index (χ1n) is 7.36. The molecule has 0 saturated heterocycles. The molecule has 1 atom stereocenters. The Morgan fingerprint density at radius 1 is 1.04 bits per heavy atom. The van der Waals surface area contributed by atoms with Gasteiger partial charge in [0.25, 0.3) is 5.91 Å². The Labute approximate surface area is 134 Å². The van der Waals surface area contributed by atoms with E-state index in [1.165, 1.54) is 24.3 Å². The van der Waals surface area contributed by atoms with Crippen LogP contribution in [0.15, 0.2) is 48.5 Å². The highest BCUT2D eigenvalue weighted by atomic mass is 19.1. The average Bonchev–Trinajstić information content (AvgIpc) is 2.56. The van der Waals surface area contributed by atoms with Gasteiger partial charge < -0.3 is 10.1 Å². The van der Waals surface area contributed by atoms with E-state index in [0.29, 0.717) is 23.4 Å². The zero-order chi connectivity index (χ0) is 16.8. The van der Waals surface area contributed by atoms with E-state index in [4.69, 9.17) is 4.74 Å². The maximum absolute atomic E-state index is 12.9. The van der Waals surface area contributed by atoms with E-state index >= 15 is 0 Å². The Balaban J connectivity index is 2.05. The molecule has 0 spiro atoms. The van der Waals surface area contributed by atoms with Gasteiger partial charge in [-0.2, -0.15) is 0 Å². The predicted octanol–water partition coefficient (Wildman–Crippen LogP) is 2.96. The Hall–Kier alpha value is -2.69. The lowest BCUT2D eigenvalue weighted by Gasteiger charge is -2.14. The second-order valence-electron chi connectivity index (χ2n) is 5.02. The molecule has 23 heavy (non-hydrogen) atoms. The molecule has 0 radical (unpaired) electrons. The molecule has 5 heteroatoms. The average molecular weight is 315 g/mol. The molecule has 0 aliphatic rings. The van der Waals surface area contributed by atoms with E-state index in [-0.39, 0.29) is 17.5 Å². The number of carbonyl (C=O) groups excluding carboxylic acids is 2. The lowest BCUT2D eigenvalue weighted by Crippen LogP contribution is -2.36. The molecule has 0 aliphatic carbocycles. The van der Waals surface area contributed by atoms with Gasteiger partial charge >= 0.3 is 0 Å². The van der Waals surface area contributed by atoms with Crippen LogP contribution < -0.4 is 10.1 Å². The molecule has 1 N–H and O–H groups in total. The van der Waals surface area contributed by atoms with Crippen LogP contribution in [-0.4, -0.2) is 24.3 Å². The van der Waals surface area contributed by atoms with Crippen LogP contribution in [0.2, 0.25) is 0 Å². The fourth-order valence-electron chi connectivity index (χ4n) is 2.03. The summed E-state index contributed by atoms with van der Waals surface area (Å²) in [7, 11) is 0. The molecule has 0 fully saturated rings. The van der Waals surface area contributed by atoms with Crippen molar-refractivity contribution >= 4 is 11.7 Å². The molecular weight excluding hydrogens is 297 g/mol. The van der Waals surface area contributed by atoms with Crippen molar-refractivity contribution in [2.24, 2.45) is 0 Å². The normalized spacial score (nSPS) is 11.6. The van der Waals surface area contributed by atoms with Crippen molar-refractivity contribution in [2.45, 2.75) is 20.0 Å². The quantitative estimate of drug-likeness (QED) is 0.834. The summed E-state index contributed by atoms with van der Waals surface area (Å²) in [6.45, 7) is 4.03. The zero-order valence-electron chi connectivity index (χ0n) is 13.0. The highest BCUT2D eigenvalue weighted by Crippen LogP contribution is 2.17. The van der Waals surface area contributed by atoms with Crippen LogP contribution in [0.5, 0.6) is 5.75 Å². The third-order valence-electron chi connectivity index (χ3n) is 3.26. The van der Waals surface area contributed by atoms with Crippen molar-refractivity contribution in [3.63, 3.8) is 0 Å². The van der Waals surface area contributed by atoms with Gasteiger partial charge in [0, 0.05) is 17.7 Å². The number of rotatable bonds is 6. The number of amides is 1. The van der Waals surface area contributed by atoms with Crippen molar-refractivity contribution in [1.82, 2.24) is 5.32 Å². The van der Waals surface area contributed by atoms with Gasteiger partial charge in [-0.15, -0.1) is 0 Å². The molecule has 0 aromatic heterocycles. The fourth-order valence-corrected chi connectivity index (χ4v) is 2.03. The van der Waals surface area contributed by atoms with Gasteiger partial charge in [-0.25, -0.2) is 4.39 Å². The van der Waals surface area contributed by atoms with Crippen LogP contribution in [0.3, 0.4) is 0 Å². The van der Waals surface area contributed by atoms with Crippen LogP contribution in [0, 0.1) is 5.82 Å². The molecular formula is C18H18FNO3. The first-order chi connectivity index (χ1) is 11.0. The molecule has 0 aliphatic heterocycles. The molecule has 120 valence electrons. The minimum atomic E-state index is -0.617. The Kier molecular flexibility index (Phi) is 5.46. The molecule has 0 heterocycles. The molecule has 0 bridgehead atoms. The maximum atomic E-state index is 12.9. The van der Waals surface area contributed by atoms with Crippen LogP contribution in [0.4, 0.5) is 4.39 Å². The SMILES string of the molecule is CCNC(=O)C(C)Oc1ccc(C(=O)c2ccc(F)cc2)cc1. The first kappa shape index (κ1) is 16.7. The van der Waals surface area contributed by atoms with E-state index in [0.717, 1.165) is 0 Å². The van der Waals surface area contributed by atoms with Crippen molar-refractivity contribution in [1.29, 1.82) is 0 Å². The number of halogens is 1. The molecule has 1 unspecified atom stereocenters.